The molecule has 27 heavy (non-hydrogen) atoms. The van der Waals surface area contributed by atoms with Crippen LogP contribution in [-0.4, -0.2) is 29.1 Å². The fourth-order valence-corrected chi connectivity index (χ4v) is 4.21. The third kappa shape index (κ3) is 3.85. The summed E-state index contributed by atoms with van der Waals surface area (Å²) in [5.41, 5.74) is 2.32. The molecule has 4 rings (SSSR count). The standard InChI is InChI=1S/C23H22ClNO2/c24-21-11-9-17(10-12-21)22(25-13-3-6-20(15-25)23(26)27)19-8-7-16-4-1-2-5-18(16)14-19/h1-2,4-5,7-12,14,20,22H,3,6,13,15H2,(H,26,27). The lowest BCUT2D eigenvalue weighted by Crippen LogP contribution is -2.41. The fraction of sp³-hybridized carbons (Fsp3) is 0.261. The second-order valence-electron chi connectivity index (χ2n) is 7.23. The zero-order valence-electron chi connectivity index (χ0n) is 15.0. The van der Waals surface area contributed by atoms with Gasteiger partial charge in [-0.2, -0.15) is 0 Å². The van der Waals surface area contributed by atoms with Crippen molar-refractivity contribution in [3.63, 3.8) is 0 Å². The summed E-state index contributed by atoms with van der Waals surface area (Å²) in [6, 6.07) is 22.8. The minimum absolute atomic E-state index is 0.0222. The Kier molecular flexibility index (Phi) is 5.15. The molecule has 1 heterocycles. The third-order valence-corrected chi connectivity index (χ3v) is 5.69. The number of rotatable bonds is 4. The summed E-state index contributed by atoms with van der Waals surface area (Å²) in [5, 5.41) is 12.6. The van der Waals surface area contributed by atoms with Crippen LogP contribution in [0.3, 0.4) is 0 Å². The molecule has 0 saturated carbocycles. The molecule has 4 heteroatoms. The van der Waals surface area contributed by atoms with Crippen LogP contribution in [0.25, 0.3) is 10.8 Å². The van der Waals surface area contributed by atoms with Crippen molar-refractivity contribution < 1.29 is 9.90 Å². The molecule has 0 amide bonds. The highest BCUT2D eigenvalue weighted by Gasteiger charge is 2.31. The molecule has 138 valence electrons. The number of hydrogen-bond donors (Lipinski definition) is 1. The van der Waals surface area contributed by atoms with Crippen LogP contribution in [0.1, 0.15) is 30.0 Å². The molecular weight excluding hydrogens is 358 g/mol. The Balaban J connectivity index is 1.77. The average Bonchev–Trinajstić information content (AvgIpc) is 2.70. The number of fused-ring (bicyclic) bond motifs is 1. The van der Waals surface area contributed by atoms with Gasteiger partial charge in [-0.1, -0.05) is 60.1 Å². The molecule has 0 aromatic heterocycles. The maximum atomic E-state index is 11.6. The normalized spacial score (nSPS) is 19.1. The van der Waals surface area contributed by atoms with Crippen molar-refractivity contribution in [3.8, 4) is 0 Å². The second-order valence-corrected chi connectivity index (χ2v) is 7.67. The molecule has 2 unspecified atom stereocenters. The Morgan fingerprint density at radius 2 is 1.70 bits per heavy atom. The molecule has 0 aliphatic carbocycles. The first-order valence-corrected chi connectivity index (χ1v) is 9.70. The summed E-state index contributed by atoms with van der Waals surface area (Å²) >= 11 is 6.10. The van der Waals surface area contributed by atoms with Gasteiger partial charge in [-0.15, -0.1) is 0 Å². The summed E-state index contributed by atoms with van der Waals surface area (Å²) in [6.07, 6.45) is 1.64. The van der Waals surface area contributed by atoms with Crippen molar-refractivity contribution in [1.82, 2.24) is 4.90 Å². The van der Waals surface area contributed by atoms with Gasteiger partial charge in [-0.25, -0.2) is 0 Å². The summed E-state index contributed by atoms with van der Waals surface area (Å²) in [4.78, 5) is 13.9. The van der Waals surface area contributed by atoms with E-state index in [0.717, 1.165) is 24.9 Å². The van der Waals surface area contributed by atoms with Crippen LogP contribution in [0.2, 0.25) is 5.02 Å². The van der Waals surface area contributed by atoms with Gasteiger partial charge in [0.15, 0.2) is 0 Å². The fourth-order valence-electron chi connectivity index (χ4n) is 4.08. The van der Waals surface area contributed by atoms with Gasteiger partial charge in [0.25, 0.3) is 0 Å². The van der Waals surface area contributed by atoms with Crippen LogP contribution in [0.5, 0.6) is 0 Å². The maximum Gasteiger partial charge on any atom is 0.307 e. The zero-order valence-corrected chi connectivity index (χ0v) is 15.8. The number of nitrogens with zero attached hydrogens (tertiary/aromatic N) is 1. The van der Waals surface area contributed by atoms with Crippen LogP contribution < -0.4 is 0 Å². The first-order valence-electron chi connectivity index (χ1n) is 9.33. The maximum absolute atomic E-state index is 11.6. The highest BCUT2D eigenvalue weighted by atomic mass is 35.5. The minimum Gasteiger partial charge on any atom is -0.481 e. The average molecular weight is 380 g/mol. The Morgan fingerprint density at radius 3 is 2.44 bits per heavy atom. The van der Waals surface area contributed by atoms with E-state index in [-0.39, 0.29) is 12.0 Å². The molecule has 0 radical (unpaired) electrons. The van der Waals surface area contributed by atoms with Crippen molar-refractivity contribution in [2.75, 3.05) is 13.1 Å². The van der Waals surface area contributed by atoms with Crippen LogP contribution in [0, 0.1) is 5.92 Å². The summed E-state index contributed by atoms with van der Waals surface area (Å²) in [6.45, 7) is 1.46. The van der Waals surface area contributed by atoms with Gasteiger partial charge in [0.05, 0.1) is 12.0 Å². The van der Waals surface area contributed by atoms with Gasteiger partial charge < -0.3 is 5.11 Å². The van der Waals surface area contributed by atoms with Gasteiger partial charge in [0.2, 0.25) is 0 Å². The molecule has 3 aromatic carbocycles. The van der Waals surface area contributed by atoms with E-state index in [2.05, 4.69) is 35.2 Å². The number of benzene rings is 3. The van der Waals surface area contributed by atoms with Crippen LogP contribution in [-0.2, 0) is 4.79 Å². The lowest BCUT2D eigenvalue weighted by atomic mass is 9.90. The minimum atomic E-state index is -0.701. The lowest BCUT2D eigenvalue weighted by Gasteiger charge is -2.37. The van der Waals surface area contributed by atoms with Crippen molar-refractivity contribution in [2.45, 2.75) is 18.9 Å². The van der Waals surface area contributed by atoms with Crippen molar-refractivity contribution >= 4 is 28.3 Å². The third-order valence-electron chi connectivity index (χ3n) is 5.44. The molecule has 1 N–H and O–H groups in total. The molecule has 0 spiro atoms. The van der Waals surface area contributed by atoms with E-state index in [4.69, 9.17) is 11.6 Å². The van der Waals surface area contributed by atoms with Gasteiger partial charge in [0, 0.05) is 11.6 Å². The molecule has 2 atom stereocenters. The van der Waals surface area contributed by atoms with Crippen LogP contribution >= 0.6 is 11.6 Å². The number of carboxylic acid groups (broad SMARTS) is 1. The first-order chi connectivity index (χ1) is 13.1. The van der Waals surface area contributed by atoms with Gasteiger partial charge in [0.1, 0.15) is 0 Å². The number of halogens is 1. The topological polar surface area (TPSA) is 40.5 Å². The molecule has 3 aromatic rings. The molecule has 1 fully saturated rings. The lowest BCUT2D eigenvalue weighted by molar-refractivity contribution is -0.143. The van der Waals surface area contributed by atoms with E-state index in [1.54, 1.807) is 0 Å². The van der Waals surface area contributed by atoms with Crippen LogP contribution in [0.4, 0.5) is 0 Å². The predicted molar refractivity (Wildman–Crippen MR) is 109 cm³/mol. The summed E-state index contributed by atoms with van der Waals surface area (Å²) in [7, 11) is 0. The van der Waals surface area contributed by atoms with E-state index in [0.29, 0.717) is 11.6 Å². The zero-order chi connectivity index (χ0) is 18.8. The van der Waals surface area contributed by atoms with Gasteiger partial charge in [-0.3, -0.25) is 9.69 Å². The van der Waals surface area contributed by atoms with Crippen molar-refractivity contribution in [1.29, 1.82) is 0 Å². The molecule has 3 nitrogen and oxygen atoms in total. The number of aliphatic carboxylic acids is 1. The SMILES string of the molecule is O=C(O)C1CCCN(C(c2ccc(Cl)cc2)c2ccc3ccccc3c2)C1. The smallest absolute Gasteiger partial charge is 0.307 e. The predicted octanol–water partition coefficient (Wildman–Crippen LogP) is 5.38. The monoisotopic (exact) mass is 379 g/mol. The molecule has 0 bridgehead atoms. The largest absolute Gasteiger partial charge is 0.481 e. The number of hydrogen-bond acceptors (Lipinski definition) is 2. The number of likely N-dealkylation sites (tertiary alicyclic amines) is 1. The molecule has 1 saturated heterocycles. The van der Waals surface area contributed by atoms with Gasteiger partial charge in [-0.05, 0) is 59.5 Å². The Labute approximate surface area is 164 Å². The van der Waals surface area contributed by atoms with E-state index >= 15 is 0 Å². The Morgan fingerprint density at radius 1 is 1.00 bits per heavy atom. The quantitative estimate of drug-likeness (QED) is 0.661. The van der Waals surface area contributed by atoms with E-state index in [9.17, 15) is 9.90 Å². The number of piperidine rings is 1. The van der Waals surface area contributed by atoms with Gasteiger partial charge >= 0.3 is 5.97 Å². The highest BCUT2D eigenvalue weighted by Crippen LogP contribution is 2.34. The molecule has 1 aliphatic rings. The van der Waals surface area contributed by atoms with E-state index in [1.165, 1.54) is 16.3 Å². The highest BCUT2D eigenvalue weighted by molar-refractivity contribution is 6.30. The number of carboxylic acids is 1. The Hall–Kier alpha value is -2.36. The first kappa shape index (κ1) is 18.0. The van der Waals surface area contributed by atoms with Crippen molar-refractivity contribution in [3.05, 3.63) is 82.9 Å². The summed E-state index contributed by atoms with van der Waals surface area (Å²) in [5.74, 6) is -1.01. The van der Waals surface area contributed by atoms with E-state index in [1.807, 2.05) is 36.4 Å². The second kappa shape index (κ2) is 7.71. The number of carbonyl (C=O) groups is 1. The summed E-state index contributed by atoms with van der Waals surface area (Å²) < 4.78 is 0. The van der Waals surface area contributed by atoms with E-state index < -0.39 is 5.97 Å². The Bertz CT molecular complexity index is 954. The molecular formula is C23H22ClNO2. The van der Waals surface area contributed by atoms with Crippen molar-refractivity contribution in [2.24, 2.45) is 5.92 Å². The molecule has 1 aliphatic heterocycles. The van der Waals surface area contributed by atoms with Crippen LogP contribution in [0.15, 0.2) is 66.7 Å².